The average Bonchev–Trinajstić information content (AvgIpc) is 3.60. The van der Waals surface area contributed by atoms with E-state index in [-0.39, 0.29) is 11.8 Å². The second-order valence-electron chi connectivity index (χ2n) is 10.6. The molecular formula is C28H34N8O2. The molecule has 0 spiro atoms. The third-order valence-corrected chi connectivity index (χ3v) is 8.01. The fraction of sp³-hybridized carbons (Fsp3) is 0.464. The van der Waals surface area contributed by atoms with E-state index in [9.17, 15) is 4.79 Å². The highest BCUT2D eigenvalue weighted by Gasteiger charge is 2.29. The number of pyridine rings is 2. The predicted molar refractivity (Wildman–Crippen MR) is 144 cm³/mol. The number of hydrogen-bond acceptors (Lipinski definition) is 7. The Bertz CT molecular complexity index is 1430. The van der Waals surface area contributed by atoms with Crippen molar-refractivity contribution in [2.45, 2.75) is 57.4 Å². The van der Waals surface area contributed by atoms with Crippen LogP contribution in [-0.4, -0.2) is 73.4 Å². The number of rotatable bonds is 6. The first-order valence-corrected chi connectivity index (χ1v) is 13.4. The van der Waals surface area contributed by atoms with Gasteiger partial charge in [-0.15, -0.1) is 0 Å². The van der Waals surface area contributed by atoms with E-state index >= 15 is 0 Å². The summed E-state index contributed by atoms with van der Waals surface area (Å²) in [5.41, 5.74) is 6.66. The number of hydrogen-bond donors (Lipinski definition) is 2. The molecule has 10 heteroatoms. The van der Waals surface area contributed by atoms with Gasteiger partial charge in [0, 0.05) is 42.7 Å². The van der Waals surface area contributed by atoms with Crippen LogP contribution in [-0.2, 0) is 4.79 Å². The zero-order valence-electron chi connectivity index (χ0n) is 22.1. The van der Waals surface area contributed by atoms with Crippen LogP contribution in [0.4, 0.5) is 0 Å². The van der Waals surface area contributed by atoms with Crippen molar-refractivity contribution in [3.05, 3.63) is 48.0 Å². The van der Waals surface area contributed by atoms with Crippen molar-refractivity contribution in [2.24, 2.45) is 0 Å². The highest BCUT2D eigenvalue weighted by molar-refractivity contribution is 5.78. The van der Waals surface area contributed by atoms with Gasteiger partial charge in [0.2, 0.25) is 5.91 Å². The van der Waals surface area contributed by atoms with Gasteiger partial charge < -0.3 is 10.1 Å². The van der Waals surface area contributed by atoms with E-state index in [1.807, 2.05) is 18.5 Å². The molecule has 2 aliphatic rings. The minimum Gasteiger partial charge on any atom is -0.493 e. The molecule has 4 aromatic rings. The molecule has 1 amide bonds. The predicted octanol–water partition coefficient (Wildman–Crippen LogP) is 3.77. The molecule has 1 aliphatic heterocycles. The van der Waals surface area contributed by atoms with Crippen LogP contribution in [0.3, 0.4) is 0 Å². The maximum absolute atomic E-state index is 11.8. The average molecular weight is 515 g/mol. The summed E-state index contributed by atoms with van der Waals surface area (Å²) in [6, 6.07) is 6.79. The Morgan fingerprint density at radius 1 is 1.13 bits per heavy atom. The smallest absolute Gasteiger partial charge is 0.234 e. The van der Waals surface area contributed by atoms with Crippen LogP contribution in [0.25, 0.3) is 28.3 Å². The number of aromatic amines is 1. The molecule has 2 fully saturated rings. The van der Waals surface area contributed by atoms with Crippen molar-refractivity contribution in [3.8, 4) is 28.4 Å². The molecule has 1 aliphatic carbocycles. The number of carbonyl (C=O) groups is 1. The summed E-state index contributed by atoms with van der Waals surface area (Å²) in [5.74, 6) is 1.54. The standard InChI is InChI=1S/C28H34N8O2/c1-17(2)25-26(20-12-23(38-3)28-31-16-32-36(28)14-20)33-34-27(25)22-9-6-19(13-30-22)18-4-7-21(8-5-18)35-11-10-29-24(37)15-35/h6,9,12-14,16-18,21H,4-5,7-8,10-11,15H2,1-3H3,(H,29,37)(H,33,34). The molecule has 0 atom stereocenters. The Morgan fingerprint density at radius 2 is 1.97 bits per heavy atom. The zero-order valence-corrected chi connectivity index (χ0v) is 22.1. The van der Waals surface area contributed by atoms with Crippen LogP contribution in [0.5, 0.6) is 5.75 Å². The lowest BCUT2D eigenvalue weighted by atomic mass is 9.81. The SMILES string of the molecule is COc1cc(-c2[nH]nc(-c3ccc(C4CCC(N5CCNC(=O)C5)CC4)cn3)c2C(C)C)cn2ncnc12. The Balaban J connectivity index is 1.22. The van der Waals surface area contributed by atoms with Crippen LogP contribution < -0.4 is 10.1 Å². The van der Waals surface area contributed by atoms with Crippen molar-refractivity contribution in [3.63, 3.8) is 0 Å². The van der Waals surface area contributed by atoms with Gasteiger partial charge in [0.05, 0.1) is 25.0 Å². The van der Waals surface area contributed by atoms with Crippen LogP contribution in [0.2, 0.25) is 0 Å². The molecule has 1 saturated carbocycles. The van der Waals surface area contributed by atoms with E-state index in [2.05, 4.69) is 51.4 Å². The van der Waals surface area contributed by atoms with E-state index in [4.69, 9.17) is 14.8 Å². The van der Waals surface area contributed by atoms with Gasteiger partial charge in [0.25, 0.3) is 0 Å². The van der Waals surface area contributed by atoms with Gasteiger partial charge in [-0.1, -0.05) is 19.9 Å². The fourth-order valence-electron chi connectivity index (χ4n) is 6.04. The monoisotopic (exact) mass is 514 g/mol. The van der Waals surface area contributed by atoms with Gasteiger partial charge in [0.1, 0.15) is 12.0 Å². The molecule has 0 bridgehead atoms. The van der Waals surface area contributed by atoms with Crippen molar-refractivity contribution in [1.29, 1.82) is 0 Å². The summed E-state index contributed by atoms with van der Waals surface area (Å²) in [4.78, 5) is 23.3. The molecule has 6 rings (SSSR count). The van der Waals surface area contributed by atoms with Crippen molar-refractivity contribution in [2.75, 3.05) is 26.7 Å². The molecule has 38 heavy (non-hydrogen) atoms. The number of aromatic nitrogens is 6. The zero-order chi connectivity index (χ0) is 26.2. The van der Waals surface area contributed by atoms with Gasteiger partial charge in [0.15, 0.2) is 11.4 Å². The van der Waals surface area contributed by atoms with Gasteiger partial charge in [-0.2, -0.15) is 10.2 Å². The molecule has 5 heterocycles. The minimum absolute atomic E-state index is 0.151. The van der Waals surface area contributed by atoms with Gasteiger partial charge in [-0.25, -0.2) is 9.50 Å². The Labute approximate surface area is 221 Å². The molecule has 0 unspecified atom stereocenters. The second kappa shape index (κ2) is 10.2. The lowest BCUT2D eigenvalue weighted by Gasteiger charge is -2.38. The summed E-state index contributed by atoms with van der Waals surface area (Å²) in [6.07, 6.45) is 9.99. The summed E-state index contributed by atoms with van der Waals surface area (Å²) in [5, 5.41) is 15.2. The topological polar surface area (TPSA) is 113 Å². The van der Waals surface area contributed by atoms with Gasteiger partial charge in [-0.3, -0.25) is 19.8 Å². The largest absolute Gasteiger partial charge is 0.493 e. The molecule has 2 N–H and O–H groups in total. The first kappa shape index (κ1) is 24.5. The quantitative estimate of drug-likeness (QED) is 0.403. The lowest BCUT2D eigenvalue weighted by molar-refractivity contribution is -0.125. The third kappa shape index (κ3) is 4.53. The molecule has 0 aromatic carbocycles. The Hall–Kier alpha value is -3.79. The summed E-state index contributed by atoms with van der Waals surface area (Å²) >= 11 is 0. The summed E-state index contributed by atoms with van der Waals surface area (Å²) < 4.78 is 7.29. The van der Waals surface area contributed by atoms with Crippen molar-refractivity contribution in [1.82, 2.24) is 40.0 Å². The maximum atomic E-state index is 11.8. The van der Waals surface area contributed by atoms with E-state index in [1.165, 1.54) is 11.9 Å². The third-order valence-electron chi connectivity index (χ3n) is 8.01. The maximum Gasteiger partial charge on any atom is 0.234 e. The number of H-pyrrole nitrogens is 1. The van der Waals surface area contributed by atoms with E-state index in [0.717, 1.165) is 67.0 Å². The minimum atomic E-state index is 0.151. The highest BCUT2D eigenvalue weighted by atomic mass is 16.5. The van der Waals surface area contributed by atoms with Gasteiger partial charge >= 0.3 is 0 Å². The number of fused-ring (bicyclic) bond motifs is 1. The van der Waals surface area contributed by atoms with Crippen LogP contribution in [0.15, 0.2) is 36.9 Å². The van der Waals surface area contributed by atoms with Crippen LogP contribution in [0, 0.1) is 0 Å². The molecule has 10 nitrogen and oxygen atoms in total. The Morgan fingerprint density at radius 3 is 2.68 bits per heavy atom. The molecule has 0 radical (unpaired) electrons. The second-order valence-corrected chi connectivity index (χ2v) is 10.6. The first-order valence-electron chi connectivity index (χ1n) is 13.4. The number of carbonyl (C=O) groups excluding carboxylic acids is 1. The number of amides is 1. The molecular weight excluding hydrogens is 480 g/mol. The lowest BCUT2D eigenvalue weighted by Crippen LogP contribution is -2.52. The molecule has 1 saturated heterocycles. The van der Waals surface area contributed by atoms with E-state index in [0.29, 0.717) is 29.9 Å². The van der Waals surface area contributed by atoms with Crippen molar-refractivity contribution >= 4 is 11.6 Å². The van der Waals surface area contributed by atoms with Crippen LogP contribution in [0.1, 0.15) is 62.5 Å². The molecule has 198 valence electrons. The number of piperazine rings is 1. The number of methoxy groups -OCH3 is 1. The number of ether oxygens (including phenoxy) is 1. The van der Waals surface area contributed by atoms with Crippen LogP contribution >= 0.6 is 0 Å². The van der Waals surface area contributed by atoms with E-state index < -0.39 is 0 Å². The van der Waals surface area contributed by atoms with Gasteiger partial charge in [-0.05, 0) is 55.2 Å². The van der Waals surface area contributed by atoms with Crippen molar-refractivity contribution < 1.29 is 9.53 Å². The summed E-state index contributed by atoms with van der Waals surface area (Å²) in [6.45, 7) is 6.60. The fourth-order valence-corrected chi connectivity index (χ4v) is 6.04. The number of nitrogens with zero attached hydrogens (tertiary/aromatic N) is 6. The number of nitrogens with one attached hydrogen (secondary N) is 2. The highest BCUT2D eigenvalue weighted by Crippen LogP contribution is 2.38. The Kier molecular flexibility index (Phi) is 6.57. The first-order chi connectivity index (χ1) is 18.5. The normalized spacial score (nSPS) is 20.7. The molecule has 4 aromatic heterocycles. The van der Waals surface area contributed by atoms with E-state index in [1.54, 1.807) is 11.6 Å². The summed E-state index contributed by atoms with van der Waals surface area (Å²) in [7, 11) is 1.64.